The molecule has 5 rings (SSSR count). The van der Waals surface area contributed by atoms with Gasteiger partial charge in [0.05, 0.1) is 18.6 Å². The number of nitrogens with zero attached hydrogens (tertiary/aromatic N) is 1. The fourth-order valence-electron chi connectivity index (χ4n) is 5.69. The molecule has 0 fully saturated rings. The number of amides is 1. The highest BCUT2D eigenvalue weighted by molar-refractivity contribution is 7.91. The molecule has 0 radical (unpaired) electrons. The van der Waals surface area contributed by atoms with Crippen LogP contribution in [0.5, 0.6) is 11.5 Å². The average molecular weight is 560 g/mol. The molecule has 3 aromatic rings. The van der Waals surface area contributed by atoms with Gasteiger partial charge >= 0.3 is 0 Å². The predicted molar refractivity (Wildman–Crippen MR) is 155 cm³/mol. The van der Waals surface area contributed by atoms with E-state index in [1.54, 1.807) is 49.4 Å². The van der Waals surface area contributed by atoms with E-state index in [4.69, 9.17) is 4.74 Å². The van der Waals surface area contributed by atoms with Gasteiger partial charge in [-0.2, -0.15) is 0 Å². The third-order valence-corrected chi connectivity index (χ3v) is 9.42. The van der Waals surface area contributed by atoms with Crippen molar-refractivity contribution in [3.05, 3.63) is 94.6 Å². The van der Waals surface area contributed by atoms with Crippen LogP contribution in [0.4, 0.5) is 5.69 Å². The maximum atomic E-state index is 13.8. The van der Waals surface area contributed by atoms with Crippen molar-refractivity contribution in [2.24, 2.45) is 5.92 Å². The van der Waals surface area contributed by atoms with Crippen LogP contribution in [-0.2, 0) is 38.7 Å². The molecule has 0 saturated carbocycles. The maximum absolute atomic E-state index is 13.8. The Balaban J connectivity index is 1.50. The minimum Gasteiger partial charge on any atom is -0.508 e. The van der Waals surface area contributed by atoms with Crippen LogP contribution in [0.2, 0.25) is 0 Å². The van der Waals surface area contributed by atoms with Gasteiger partial charge in [0.1, 0.15) is 17.3 Å². The summed E-state index contributed by atoms with van der Waals surface area (Å²) >= 11 is 0. The van der Waals surface area contributed by atoms with Gasteiger partial charge in [-0.25, -0.2) is 8.42 Å². The van der Waals surface area contributed by atoms with E-state index in [0.717, 1.165) is 16.7 Å². The molecule has 2 aliphatic rings. The first kappa shape index (κ1) is 27.6. The maximum Gasteiger partial charge on any atom is 0.230 e. The highest BCUT2D eigenvalue weighted by Gasteiger charge is 2.31. The molecule has 1 atom stereocenters. The Labute approximate surface area is 235 Å². The zero-order valence-corrected chi connectivity index (χ0v) is 23.5. The van der Waals surface area contributed by atoms with E-state index in [9.17, 15) is 23.1 Å². The molecule has 7 nitrogen and oxygen atoms in total. The molecule has 40 heavy (non-hydrogen) atoms. The Morgan fingerprint density at radius 3 is 2.48 bits per heavy atom. The number of aromatic hydroxyl groups is 1. The van der Waals surface area contributed by atoms with Crippen molar-refractivity contribution < 1.29 is 27.9 Å². The van der Waals surface area contributed by atoms with E-state index in [1.807, 2.05) is 36.4 Å². The molecule has 0 unspecified atom stereocenters. The van der Waals surface area contributed by atoms with E-state index in [0.29, 0.717) is 47.4 Å². The highest BCUT2D eigenvalue weighted by Crippen LogP contribution is 2.38. The number of hydrogen-bond donors (Lipinski definition) is 1. The van der Waals surface area contributed by atoms with E-state index >= 15 is 0 Å². The minimum absolute atomic E-state index is 0.00859. The van der Waals surface area contributed by atoms with Crippen molar-refractivity contribution in [3.8, 4) is 11.5 Å². The van der Waals surface area contributed by atoms with Crippen LogP contribution in [0, 0.1) is 5.92 Å². The molecule has 1 aliphatic carbocycles. The second-order valence-electron chi connectivity index (χ2n) is 10.7. The zero-order chi connectivity index (χ0) is 28.4. The average Bonchev–Trinajstić information content (AvgIpc) is 3.25. The van der Waals surface area contributed by atoms with Crippen molar-refractivity contribution in [2.45, 2.75) is 32.1 Å². The van der Waals surface area contributed by atoms with Gasteiger partial charge in [0.15, 0.2) is 9.84 Å². The Bertz CT molecular complexity index is 1590. The number of phenols is 1. The quantitative estimate of drug-likeness (QED) is 0.505. The van der Waals surface area contributed by atoms with Gasteiger partial charge < -0.3 is 14.7 Å². The van der Waals surface area contributed by atoms with Gasteiger partial charge in [-0.05, 0) is 89.1 Å². The van der Waals surface area contributed by atoms with Gasteiger partial charge in [-0.3, -0.25) is 9.59 Å². The van der Waals surface area contributed by atoms with Crippen LogP contribution in [0.3, 0.4) is 0 Å². The summed E-state index contributed by atoms with van der Waals surface area (Å²) in [5, 5.41) is 10.1. The fraction of sp³-hybridized carbons (Fsp3) is 0.312. The summed E-state index contributed by atoms with van der Waals surface area (Å²) in [5.41, 5.74) is 5.43. The zero-order valence-electron chi connectivity index (χ0n) is 22.7. The summed E-state index contributed by atoms with van der Waals surface area (Å²) in [6, 6.07) is 19.8. The number of ketones is 1. The van der Waals surface area contributed by atoms with Crippen molar-refractivity contribution in [1.82, 2.24) is 0 Å². The summed E-state index contributed by atoms with van der Waals surface area (Å²) in [4.78, 5) is 29.0. The third kappa shape index (κ3) is 6.12. The van der Waals surface area contributed by atoms with Crippen molar-refractivity contribution >= 4 is 32.8 Å². The van der Waals surface area contributed by atoms with Crippen LogP contribution < -0.4 is 9.64 Å². The normalized spacial score (nSPS) is 18.9. The number of fused-ring (bicyclic) bond motifs is 4. The number of allylic oxidation sites excluding steroid dienone is 1. The van der Waals surface area contributed by atoms with Crippen LogP contribution in [-0.4, -0.2) is 50.9 Å². The van der Waals surface area contributed by atoms with E-state index < -0.39 is 15.8 Å². The Kier molecular flexibility index (Phi) is 7.81. The van der Waals surface area contributed by atoms with Crippen LogP contribution in [0.25, 0.3) is 5.57 Å². The summed E-state index contributed by atoms with van der Waals surface area (Å²) in [7, 11) is -0.145. The number of benzene rings is 3. The number of hydrogen-bond acceptors (Lipinski definition) is 6. The second-order valence-corrected chi connectivity index (χ2v) is 12.9. The molecular weight excluding hydrogens is 526 g/mol. The minimum atomic E-state index is -3.43. The van der Waals surface area contributed by atoms with E-state index in [2.05, 4.69) is 0 Å². The standard InChI is InChI=1S/C32H33NO6S/c1-33(26-7-10-29(39-2)11-8-26)32(36)24-15-22-5-3-4-21(14-22)12-13-40(37,38)20-25-16-23-6-9-27(34)18-30(23)31(25)19-28(35)17-24/h3-11,14,18,24,34H,12-13,15-17,19-20H2,1-2H3/t24-/m1/s1. The SMILES string of the molecule is COc1ccc(N(C)C(=O)[C@H]2CC(=O)CC3=C(Cc4ccc(O)cc43)CS(=O)(=O)CCc3cccc(c3)C2)cc1. The number of methoxy groups -OCH3 is 1. The predicted octanol–water partition coefficient (Wildman–Crippen LogP) is 4.55. The lowest BCUT2D eigenvalue weighted by atomic mass is 9.89. The molecule has 0 spiro atoms. The Morgan fingerprint density at radius 1 is 0.975 bits per heavy atom. The first-order valence-corrected chi connectivity index (χ1v) is 15.2. The molecule has 2 bridgehead atoms. The van der Waals surface area contributed by atoms with E-state index in [1.165, 1.54) is 0 Å². The monoisotopic (exact) mass is 559 g/mol. The lowest BCUT2D eigenvalue weighted by Crippen LogP contribution is -2.35. The summed E-state index contributed by atoms with van der Waals surface area (Å²) in [5.74, 6) is -0.305. The van der Waals surface area contributed by atoms with Crippen LogP contribution >= 0.6 is 0 Å². The Hall–Kier alpha value is -3.91. The van der Waals surface area contributed by atoms with Crippen LogP contribution in [0.15, 0.2) is 72.3 Å². The first-order valence-electron chi connectivity index (χ1n) is 13.4. The van der Waals surface area contributed by atoms with Gasteiger partial charge in [-0.15, -0.1) is 0 Å². The molecular formula is C32H33NO6S. The summed E-state index contributed by atoms with van der Waals surface area (Å²) in [6.45, 7) is 0. The number of rotatable bonds is 3. The largest absolute Gasteiger partial charge is 0.508 e. The molecule has 1 N–H and O–H groups in total. The number of carbonyl (C=O) groups is 2. The molecule has 1 amide bonds. The summed E-state index contributed by atoms with van der Waals surface area (Å²) in [6.07, 6.45) is 1.18. The number of sulfone groups is 1. The lowest BCUT2D eigenvalue weighted by molar-refractivity contribution is -0.127. The molecule has 1 aliphatic heterocycles. The number of Topliss-reactive ketones (excluding diaryl/α,β-unsaturated/α-hetero) is 1. The number of anilines is 1. The topological polar surface area (TPSA) is 101 Å². The van der Waals surface area contributed by atoms with Crippen molar-refractivity contribution in [3.63, 3.8) is 0 Å². The molecule has 208 valence electrons. The van der Waals surface area contributed by atoms with Crippen LogP contribution in [0.1, 0.15) is 35.1 Å². The lowest BCUT2D eigenvalue weighted by Gasteiger charge is -2.24. The van der Waals surface area contributed by atoms with Crippen molar-refractivity contribution in [2.75, 3.05) is 30.6 Å². The molecule has 1 heterocycles. The molecule has 3 aromatic carbocycles. The molecule has 0 aromatic heterocycles. The van der Waals surface area contributed by atoms with Gasteiger partial charge in [0, 0.05) is 31.5 Å². The molecule has 0 saturated heterocycles. The highest BCUT2D eigenvalue weighted by atomic mass is 32.2. The molecule has 8 heteroatoms. The Morgan fingerprint density at radius 2 is 1.73 bits per heavy atom. The number of ether oxygens (including phenoxy) is 1. The van der Waals surface area contributed by atoms with E-state index in [-0.39, 0.29) is 41.8 Å². The number of phenolic OH excluding ortho intramolecular Hbond substituents is 1. The first-order chi connectivity index (χ1) is 19.1. The third-order valence-electron chi connectivity index (χ3n) is 7.81. The smallest absolute Gasteiger partial charge is 0.230 e. The number of aryl methyl sites for hydroxylation is 1. The second kappa shape index (κ2) is 11.3. The summed E-state index contributed by atoms with van der Waals surface area (Å²) < 4.78 is 31.5. The van der Waals surface area contributed by atoms with Gasteiger partial charge in [0.25, 0.3) is 0 Å². The van der Waals surface area contributed by atoms with Gasteiger partial charge in [0.2, 0.25) is 5.91 Å². The van der Waals surface area contributed by atoms with Crippen molar-refractivity contribution in [1.29, 1.82) is 0 Å². The fourth-order valence-corrected chi connectivity index (χ4v) is 7.19. The van der Waals surface area contributed by atoms with Gasteiger partial charge in [-0.1, -0.05) is 30.3 Å². The number of carbonyl (C=O) groups excluding carboxylic acids is 2.